The van der Waals surface area contributed by atoms with Crippen LogP contribution in [0.5, 0.6) is 0 Å². The third kappa shape index (κ3) is 3.77. The second-order valence-electron chi connectivity index (χ2n) is 3.58. The van der Waals surface area contributed by atoms with Crippen molar-refractivity contribution in [2.24, 2.45) is 5.73 Å². The number of aliphatic hydroxyl groups excluding tert-OH is 1. The van der Waals surface area contributed by atoms with Crippen LogP contribution in [-0.2, 0) is 14.8 Å². The van der Waals surface area contributed by atoms with E-state index >= 15 is 0 Å². The predicted octanol–water partition coefficient (Wildman–Crippen LogP) is -0.814. The number of carbonyl (C=O) groups excluding carboxylic acids is 1. The quantitative estimate of drug-likeness (QED) is 0.527. The van der Waals surface area contributed by atoms with Crippen LogP contribution in [0.4, 0.5) is 10.1 Å². The van der Waals surface area contributed by atoms with E-state index in [0.717, 1.165) is 12.1 Å². The normalized spacial score (nSPS) is 13.2. The molecule has 6 N–H and O–H groups in total. The van der Waals surface area contributed by atoms with Crippen LogP contribution in [0.1, 0.15) is 0 Å². The highest BCUT2D eigenvalue weighted by atomic mass is 35.5. The molecule has 0 aliphatic carbocycles. The van der Waals surface area contributed by atoms with Crippen molar-refractivity contribution >= 4 is 33.2 Å². The zero-order valence-corrected chi connectivity index (χ0v) is 11.0. The predicted molar refractivity (Wildman–Crippen MR) is 66.2 cm³/mol. The first kappa shape index (κ1) is 15.6. The maximum atomic E-state index is 13.6. The molecule has 0 saturated heterocycles. The fourth-order valence-corrected chi connectivity index (χ4v) is 2.60. The van der Waals surface area contributed by atoms with Gasteiger partial charge in [-0.2, -0.15) is 0 Å². The van der Waals surface area contributed by atoms with Gasteiger partial charge in [-0.3, -0.25) is 4.79 Å². The first-order chi connectivity index (χ1) is 8.65. The summed E-state index contributed by atoms with van der Waals surface area (Å²) in [6, 6.07) is 1.91. The molecule has 10 heteroatoms. The van der Waals surface area contributed by atoms with E-state index < -0.39 is 44.3 Å². The van der Waals surface area contributed by atoms with Crippen LogP contribution < -0.4 is 16.2 Å². The number of halogens is 2. The largest absolute Gasteiger partial charge is 0.399 e. The molecule has 0 radical (unpaired) electrons. The van der Waals surface area contributed by atoms with Crippen molar-refractivity contribution in [1.82, 2.24) is 4.72 Å². The van der Waals surface area contributed by atoms with Gasteiger partial charge in [0.15, 0.2) is 5.82 Å². The first-order valence-corrected chi connectivity index (χ1v) is 6.73. The van der Waals surface area contributed by atoms with Crippen LogP contribution in [-0.4, -0.2) is 32.1 Å². The Bertz CT molecular complexity index is 608. The van der Waals surface area contributed by atoms with Gasteiger partial charge in [-0.1, -0.05) is 11.6 Å². The Labute approximate surface area is 113 Å². The molecule has 1 unspecified atom stereocenters. The van der Waals surface area contributed by atoms with Crippen molar-refractivity contribution < 1.29 is 22.7 Å². The maximum Gasteiger partial charge on any atom is 0.247 e. The number of hydrogen-bond donors (Lipinski definition) is 4. The molecule has 0 aromatic heterocycles. The van der Waals surface area contributed by atoms with Crippen LogP contribution >= 0.6 is 11.6 Å². The summed E-state index contributed by atoms with van der Waals surface area (Å²) < 4.78 is 38.9. The van der Waals surface area contributed by atoms with Gasteiger partial charge >= 0.3 is 0 Å². The first-order valence-electron chi connectivity index (χ1n) is 4.86. The highest BCUT2D eigenvalue weighted by molar-refractivity contribution is 7.89. The molecule has 106 valence electrons. The summed E-state index contributed by atoms with van der Waals surface area (Å²) in [6.45, 7) is -0.691. The minimum absolute atomic E-state index is 0.0535. The molecule has 19 heavy (non-hydrogen) atoms. The number of anilines is 1. The van der Waals surface area contributed by atoms with Gasteiger partial charge in [-0.15, -0.1) is 0 Å². The molecule has 0 aliphatic rings. The number of carbonyl (C=O) groups is 1. The van der Waals surface area contributed by atoms with Crippen molar-refractivity contribution in [2.45, 2.75) is 11.0 Å². The van der Waals surface area contributed by atoms with Crippen molar-refractivity contribution in [3.05, 3.63) is 23.0 Å². The molecular weight excluding hydrogens is 301 g/mol. The lowest BCUT2D eigenvalue weighted by atomic mass is 10.3. The molecule has 0 saturated carbocycles. The number of nitrogens with one attached hydrogen (secondary N) is 1. The fraction of sp³-hybridized carbons (Fsp3) is 0.222. The van der Waals surface area contributed by atoms with Gasteiger partial charge in [0.25, 0.3) is 0 Å². The summed E-state index contributed by atoms with van der Waals surface area (Å²) in [7, 11) is -4.32. The zero-order valence-electron chi connectivity index (χ0n) is 9.43. The maximum absolute atomic E-state index is 13.6. The average molecular weight is 312 g/mol. The van der Waals surface area contributed by atoms with Crippen molar-refractivity contribution in [2.75, 3.05) is 12.3 Å². The molecule has 0 fully saturated rings. The standard InChI is InChI=1S/C9H11ClFN3O4S/c10-5-1-4(12)2-7(8(5)11)19(17,18)14-3-6(15)9(13)16/h1-2,6,14-15H,3,12H2,(H2,13,16). The summed E-state index contributed by atoms with van der Waals surface area (Å²) >= 11 is 5.47. The molecule has 7 nitrogen and oxygen atoms in total. The molecular formula is C9H11ClFN3O4S. The third-order valence-corrected chi connectivity index (χ3v) is 3.80. The van der Waals surface area contributed by atoms with E-state index in [1.54, 1.807) is 0 Å². The van der Waals surface area contributed by atoms with Gasteiger partial charge in [-0.25, -0.2) is 17.5 Å². The number of amides is 1. The fourth-order valence-electron chi connectivity index (χ4n) is 1.15. The van der Waals surface area contributed by atoms with E-state index in [1.807, 2.05) is 4.72 Å². The van der Waals surface area contributed by atoms with E-state index in [9.17, 15) is 17.6 Å². The highest BCUT2D eigenvalue weighted by Gasteiger charge is 2.23. The Morgan fingerprint density at radius 3 is 2.63 bits per heavy atom. The van der Waals surface area contributed by atoms with Gasteiger partial charge in [-0.05, 0) is 12.1 Å². The molecule has 1 rings (SSSR count). The molecule has 0 bridgehead atoms. The van der Waals surface area contributed by atoms with Gasteiger partial charge in [0.2, 0.25) is 15.9 Å². The summed E-state index contributed by atoms with van der Waals surface area (Å²) in [6.07, 6.45) is -1.73. The molecule has 1 aromatic rings. The van der Waals surface area contributed by atoms with Crippen LogP contribution in [0.15, 0.2) is 17.0 Å². The lowest BCUT2D eigenvalue weighted by molar-refractivity contribution is -0.125. The summed E-state index contributed by atoms with van der Waals surface area (Å²) in [5.41, 5.74) is 10.1. The van der Waals surface area contributed by atoms with E-state index in [4.69, 9.17) is 28.2 Å². The number of benzene rings is 1. The molecule has 1 aromatic carbocycles. The summed E-state index contributed by atoms with van der Waals surface area (Å²) in [5.74, 6) is -2.30. The van der Waals surface area contributed by atoms with Crippen molar-refractivity contribution in [3.63, 3.8) is 0 Å². The SMILES string of the molecule is NC(=O)C(O)CNS(=O)(=O)c1cc(N)cc(Cl)c1F. The number of nitrogens with two attached hydrogens (primary N) is 2. The Hall–Kier alpha value is -1.42. The number of hydrogen-bond acceptors (Lipinski definition) is 5. The molecule has 0 aliphatic heterocycles. The second kappa shape index (κ2) is 5.70. The van der Waals surface area contributed by atoms with Crippen LogP contribution in [0, 0.1) is 5.82 Å². The van der Waals surface area contributed by atoms with Gasteiger partial charge < -0.3 is 16.6 Å². The number of rotatable bonds is 5. The van der Waals surface area contributed by atoms with E-state index in [0.29, 0.717) is 0 Å². The number of primary amides is 1. The Balaban J connectivity index is 3.05. The summed E-state index contributed by atoms with van der Waals surface area (Å²) in [4.78, 5) is 9.77. The summed E-state index contributed by atoms with van der Waals surface area (Å²) in [5, 5.41) is 8.61. The molecule has 1 atom stereocenters. The number of sulfonamides is 1. The van der Waals surface area contributed by atoms with E-state index in [2.05, 4.69) is 0 Å². The van der Waals surface area contributed by atoms with E-state index in [1.165, 1.54) is 0 Å². The van der Waals surface area contributed by atoms with Crippen molar-refractivity contribution in [1.29, 1.82) is 0 Å². The Kier molecular flexibility index (Phi) is 4.69. The minimum atomic E-state index is -4.32. The van der Waals surface area contributed by atoms with Crippen LogP contribution in [0.25, 0.3) is 0 Å². The van der Waals surface area contributed by atoms with E-state index in [-0.39, 0.29) is 5.69 Å². The molecule has 1 amide bonds. The van der Waals surface area contributed by atoms with Crippen LogP contribution in [0.2, 0.25) is 5.02 Å². The number of aliphatic hydroxyl groups is 1. The average Bonchev–Trinajstić information content (AvgIpc) is 2.30. The molecule has 0 spiro atoms. The minimum Gasteiger partial charge on any atom is -0.399 e. The Morgan fingerprint density at radius 1 is 1.53 bits per heavy atom. The number of nitrogen functional groups attached to an aromatic ring is 1. The Morgan fingerprint density at radius 2 is 2.11 bits per heavy atom. The van der Waals surface area contributed by atoms with Crippen molar-refractivity contribution in [3.8, 4) is 0 Å². The topological polar surface area (TPSA) is 136 Å². The van der Waals surface area contributed by atoms with Crippen LogP contribution in [0.3, 0.4) is 0 Å². The third-order valence-electron chi connectivity index (χ3n) is 2.10. The van der Waals surface area contributed by atoms with Gasteiger partial charge in [0, 0.05) is 12.2 Å². The smallest absolute Gasteiger partial charge is 0.247 e. The lowest BCUT2D eigenvalue weighted by Crippen LogP contribution is -2.40. The van der Waals surface area contributed by atoms with Gasteiger partial charge in [0.05, 0.1) is 5.02 Å². The van der Waals surface area contributed by atoms with Gasteiger partial charge in [0.1, 0.15) is 11.0 Å². The zero-order chi connectivity index (χ0) is 14.8. The monoisotopic (exact) mass is 311 g/mol. The lowest BCUT2D eigenvalue weighted by Gasteiger charge is -2.11. The highest BCUT2D eigenvalue weighted by Crippen LogP contribution is 2.25. The second-order valence-corrected chi connectivity index (χ2v) is 5.73. The molecule has 0 heterocycles.